The number of hydrogen-bond acceptors (Lipinski definition) is 3. The van der Waals surface area contributed by atoms with Crippen LogP contribution in [0.1, 0.15) is 30.3 Å². The molecule has 0 fully saturated rings. The number of Topliss-reactive ketones (excluding diaryl/α,β-unsaturated/α-hetero) is 1. The summed E-state index contributed by atoms with van der Waals surface area (Å²) in [5.74, 6) is 0.462. The standard InChI is InChI=1S/C16H14O3/c1-2-5-14(17)16-8-11(9-18-16)13-10-19-15-7-4-3-6-12(13)15/h3-4,6-10H,2,5H2,1H3. The highest BCUT2D eigenvalue weighted by Gasteiger charge is 2.14. The van der Waals surface area contributed by atoms with Crippen molar-refractivity contribution < 1.29 is 13.6 Å². The Kier molecular flexibility index (Phi) is 2.95. The van der Waals surface area contributed by atoms with Crippen LogP contribution >= 0.6 is 0 Å². The predicted octanol–water partition coefficient (Wildman–Crippen LogP) is 4.68. The smallest absolute Gasteiger partial charge is 0.197 e. The molecule has 0 aliphatic carbocycles. The highest BCUT2D eigenvalue weighted by Crippen LogP contribution is 2.31. The fourth-order valence-corrected chi connectivity index (χ4v) is 2.18. The molecule has 3 heteroatoms. The van der Waals surface area contributed by atoms with Gasteiger partial charge in [-0.1, -0.05) is 25.1 Å². The second-order valence-electron chi connectivity index (χ2n) is 4.52. The van der Waals surface area contributed by atoms with Crippen molar-refractivity contribution in [3.8, 4) is 11.1 Å². The van der Waals surface area contributed by atoms with E-state index in [-0.39, 0.29) is 5.78 Å². The van der Waals surface area contributed by atoms with Gasteiger partial charge in [0.1, 0.15) is 5.58 Å². The van der Waals surface area contributed by atoms with Gasteiger partial charge >= 0.3 is 0 Å². The van der Waals surface area contributed by atoms with Gasteiger partial charge in [0.25, 0.3) is 0 Å². The van der Waals surface area contributed by atoms with E-state index in [9.17, 15) is 4.79 Å². The monoisotopic (exact) mass is 254 g/mol. The number of fused-ring (bicyclic) bond motifs is 1. The maximum Gasteiger partial charge on any atom is 0.197 e. The van der Waals surface area contributed by atoms with E-state index in [0.29, 0.717) is 12.2 Å². The van der Waals surface area contributed by atoms with Crippen LogP contribution in [0.4, 0.5) is 0 Å². The van der Waals surface area contributed by atoms with E-state index >= 15 is 0 Å². The molecule has 2 heterocycles. The summed E-state index contributed by atoms with van der Waals surface area (Å²) in [7, 11) is 0. The van der Waals surface area contributed by atoms with E-state index in [4.69, 9.17) is 8.83 Å². The number of carbonyl (C=O) groups excluding carboxylic acids is 1. The maximum absolute atomic E-state index is 11.8. The number of ketones is 1. The van der Waals surface area contributed by atoms with E-state index < -0.39 is 0 Å². The van der Waals surface area contributed by atoms with Crippen molar-refractivity contribution >= 4 is 16.8 Å². The molecule has 0 aliphatic rings. The van der Waals surface area contributed by atoms with Crippen molar-refractivity contribution in [1.29, 1.82) is 0 Å². The number of carbonyl (C=O) groups is 1. The number of benzene rings is 1. The first-order valence-corrected chi connectivity index (χ1v) is 6.38. The molecule has 3 nitrogen and oxygen atoms in total. The van der Waals surface area contributed by atoms with Crippen LogP contribution in [0.25, 0.3) is 22.1 Å². The normalized spacial score (nSPS) is 11.0. The summed E-state index contributed by atoms with van der Waals surface area (Å²) in [6.07, 6.45) is 4.65. The van der Waals surface area contributed by atoms with Gasteiger partial charge < -0.3 is 8.83 Å². The molecule has 0 aliphatic heterocycles. The Bertz CT molecular complexity index is 718. The Morgan fingerprint density at radius 1 is 1.16 bits per heavy atom. The van der Waals surface area contributed by atoms with Gasteiger partial charge in [-0.25, -0.2) is 0 Å². The fourth-order valence-electron chi connectivity index (χ4n) is 2.18. The number of rotatable bonds is 4. The minimum atomic E-state index is 0.0431. The fraction of sp³-hybridized carbons (Fsp3) is 0.188. The van der Waals surface area contributed by atoms with Crippen LogP contribution in [0.15, 0.2) is 51.7 Å². The van der Waals surface area contributed by atoms with Crippen LogP contribution in [0.3, 0.4) is 0 Å². The van der Waals surface area contributed by atoms with Gasteiger partial charge in [0.15, 0.2) is 11.5 Å². The largest absolute Gasteiger partial charge is 0.464 e. The maximum atomic E-state index is 11.8. The summed E-state index contributed by atoms with van der Waals surface area (Å²) in [6, 6.07) is 9.60. The second kappa shape index (κ2) is 4.76. The zero-order valence-corrected chi connectivity index (χ0v) is 10.7. The number of hydrogen-bond donors (Lipinski definition) is 0. The molecule has 3 rings (SSSR count). The summed E-state index contributed by atoms with van der Waals surface area (Å²) in [5, 5.41) is 1.03. The average molecular weight is 254 g/mol. The Morgan fingerprint density at radius 2 is 2.00 bits per heavy atom. The van der Waals surface area contributed by atoms with E-state index in [1.165, 1.54) is 0 Å². The van der Waals surface area contributed by atoms with Gasteiger partial charge in [0, 0.05) is 22.9 Å². The minimum Gasteiger partial charge on any atom is -0.464 e. The van der Waals surface area contributed by atoms with Gasteiger partial charge in [0.05, 0.1) is 12.5 Å². The van der Waals surface area contributed by atoms with Crippen molar-refractivity contribution in [1.82, 2.24) is 0 Å². The molecule has 0 N–H and O–H groups in total. The zero-order valence-electron chi connectivity index (χ0n) is 10.7. The number of furan rings is 2. The van der Waals surface area contributed by atoms with Gasteiger partial charge in [0.2, 0.25) is 0 Å². The predicted molar refractivity (Wildman–Crippen MR) is 73.2 cm³/mol. The van der Waals surface area contributed by atoms with Gasteiger partial charge in [-0.3, -0.25) is 4.79 Å². The van der Waals surface area contributed by atoms with Crippen molar-refractivity contribution in [3.63, 3.8) is 0 Å². The number of para-hydroxylation sites is 1. The molecule has 0 saturated heterocycles. The molecule has 0 unspecified atom stereocenters. The summed E-state index contributed by atoms with van der Waals surface area (Å²) in [5.41, 5.74) is 2.67. The lowest BCUT2D eigenvalue weighted by molar-refractivity contribution is 0.0955. The van der Waals surface area contributed by atoms with Crippen molar-refractivity contribution in [3.05, 3.63) is 48.6 Å². The van der Waals surface area contributed by atoms with Crippen LogP contribution < -0.4 is 0 Å². The first kappa shape index (κ1) is 11.8. The molecular formula is C16H14O3. The molecule has 0 atom stereocenters. The Hall–Kier alpha value is -2.29. The van der Waals surface area contributed by atoms with E-state index in [2.05, 4.69) is 0 Å². The van der Waals surface area contributed by atoms with Crippen LogP contribution in [0, 0.1) is 0 Å². The first-order valence-electron chi connectivity index (χ1n) is 6.38. The molecule has 2 aromatic heterocycles. The molecule has 0 bridgehead atoms. The van der Waals surface area contributed by atoms with Crippen molar-refractivity contribution in [2.45, 2.75) is 19.8 Å². The third-order valence-corrected chi connectivity index (χ3v) is 3.14. The van der Waals surface area contributed by atoms with Crippen LogP contribution in [0.2, 0.25) is 0 Å². The third kappa shape index (κ3) is 2.08. The lowest BCUT2D eigenvalue weighted by atomic mass is 10.1. The summed E-state index contributed by atoms with van der Waals surface area (Å²) in [6.45, 7) is 1.98. The average Bonchev–Trinajstić information content (AvgIpc) is 3.05. The van der Waals surface area contributed by atoms with Crippen LogP contribution in [0.5, 0.6) is 0 Å². The molecule has 96 valence electrons. The molecule has 0 spiro atoms. The summed E-state index contributed by atoms with van der Waals surface area (Å²) >= 11 is 0. The van der Waals surface area contributed by atoms with Gasteiger partial charge in [-0.05, 0) is 18.6 Å². The molecule has 0 radical (unpaired) electrons. The topological polar surface area (TPSA) is 43.4 Å². The van der Waals surface area contributed by atoms with Crippen molar-refractivity contribution in [2.75, 3.05) is 0 Å². The molecule has 1 aromatic carbocycles. The van der Waals surface area contributed by atoms with Crippen LogP contribution in [-0.4, -0.2) is 5.78 Å². The highest BCUT2D eigenvalue weighted by molar-refractivity contribution is 5.97. The van der Waals surface area contributed by atoms with Crippen LogP contribution in [-0.2, 0) is 0 Å². The first-order chi connectivity index (χ1) is 9.29. The molecule has 0 saturated carbocycles. The zero-order chi connectivity index (χ0) is 13.2. The Balaban J connectivity index is 2.01. The third-order valence-electron chi connectivity index (χ3n) is 3.14. The molecular weight excluding hydrogens is 240 g/mol. The van der Waals surface area contributed by atoms with E-state index in [1.807, 2.05) is 31.2 Å². The second-order valence-corrected chi connectivity index (χ2v) is 4.52. The Morgan fingerprint density at radius 3 is 2.84 bits per heavy atom. The lowest BCUT2D eigenvalue weighted by Gasteiger charge is -1.92. The van der Waals surface area contributed by atoms with E-state index in [0.717, 1.165) is 28.5 Å². The van der Waals surface area contributed by atoms with Gasteiger partial charge in [-0.15, -0.1) is 0 Å². The molecule has 0 amide bonds. The minimum absolute atomic E-state index is 0.0431. The Labute approximate surface area is 110 Å². The van der Waals surface area contributed by atoms with Gasteiger partial charge in [-0.2, -0.15) is 0 Å². The highest BCUT2D eigenvalue weighted by atomic mass is 16.3. The molecule has 3 aromatic rings. The lowest BCUT2D eigenvalue weighted by Crippen LogP contribution is -1.94. The molecule has 19 heavy (non-hydrogen) atoms. The SMILES string of the molecule is CCCC(=O)c1cc(-c2coc3ccccc23)co1. The quantitative estimate of drug-likeness (QED) is 0.635. The van der Waals surface area contributed by atoms with Crippen molar-refractivity contribution in [2.24, 2.45) is 0 Å². The van der Waals surface area contributed by atoms with E-state index in [1.54, 1.807) is 18.6 Å². The summed E-state index contributed by atoms with van der Waals surface area (Å²) < 4.78 is 10.9. The summed E-state index contributed by atoms with van der Waals surface area (Å²) in [4.78, 5) is 11.8.